The van der Waals surface area contributed by atoms with Gasteiger partial charge in [0, 0.05) is 11.6 Å². The molecule has 0 spiro atoms. The monoisotopic (exact) mass is 373 g/mol. The molecule has 0 fully saturated rings. The minimum absolute atomic E-state index is 0.0730. The fraction of sp³-hybridized carbons (Fsp3) is 0.333. The standard InChI is InChI=1S/C18H19N3O4S/c1-3-5-10-25-13-8-6-12(7-9-13)16-20-21-14(17(23)24-4-2)11-15(22)19-18(21)26-16/h6-9,11H,3-5,10H2,1-2H3. The Kier molecular flexibility index (Phi) is 5.62. The minimum atomic E-state index is -0.599. The Morgan fingerprint density at radius 1 is 1.23 bits per heavy atom. The van der Waals surface area contributed by atoms with Crippen LogP contribution in [0.3, 0.4) is 0 Å². The second-order valence-corrected chi connectivity index (χ2v) is 6.48. The van der Waals surface area contributed by atoms with E-state index in [2.05, 4.69) is 17.0 Å². The van der Waals surface area contributed by atoms with Gasteiger partial charge in [0.1, 0.15) is 10.8 Å². The Balaban J connectivity index is 1.92. The van der Waals surface area contributed by atoms with Gasteiger partial charge in [-0.3, -0.25) is 4.79 Å². The Bertz CT molecular complexity index is 963. The van der Waals surface area contributed by atoms with Crippen molar-refractivity contribution in [1.82, 2.24) is 14.6 Å². The van der Waals surface area contributed by atoms with Gasteiger partial charge in [0.25, 0.3) is 5.56 Å². The molecule has 0 amide bonds. The molecule has 1 aromatic carbocycles. The molecule has 0 radical (unpaired) electrons. The molecule has 3 rings (SSSR count). The summed E-state index contributed by atoms with van der Waals surface area (Å²) in [5, 5.41) is 5.07. The highest BCUT2D eigenvalue weighted by Crippen LogP contribution is 2.27. The summed E-state index contributed by atoms with van der Waals surface area (Å²) in [6.45, 7) is 4.72. The van der Waals surface area contributed by atoms with Gasteiger partial charge < -0.3 is 9.47 Å². The fourth-order valence-corrected chi connectivity index (χ4v) is 3.22. The van der Waals surface area contributed by atoms with Crippen LogP contribution in [0.4, 0.5) is 0 Å². The summed E-state index contributed by atoms with van der Waals surface area (Å²) < 4.78 is 12.0. The lowest BCUT2D eigenvalue weighted by Crippen LogP contribution is -2.17. The van der Waals surface area contributed by atoms with E-state index in [1.54, 1.807) is 6.92 Å². The predicted octanol–water partition coefficient (Wildman–Crippen LogP) is 3.17. The molecule has 3 aromatic rings. The number of ether oxygens (including phenoxy) is 2. The van der Waals surface area contributed by atoms with Gasteiger partial charge in [0.15, 0.2) is 5.69 Å². The maximum Gasteiger partial charge on any atom is 0.357 e. The maximum absolute atomic E-state index is 12.1. The Hall–Kier alpha value is -2.74. The molecular weight excluding hydrogens is 354 g/mol. The molecule has 2 heterocycles. The van der Waals surface area contributed by atoms with Crippen LogP contribution < -0.4 is 10.3 Å². The van der Waals surface area contributed by atoms with Crippen LogP contribution in [-0.4, -0.2) is 33.8 Å². The van der Waals surface area contributed by atoms with Crippen molar-refractivity contribution in [3.63, 3.8) is 0 Å². The second kappa shape index (κ2) is 8.09. The van der Waals surface area contributed by atoms with Gasteiger partial charge in [-0.15, -0.1) is 0 Å². The van der Waals surface area contributed by atoms with E-state index in [0.717, 1.165) is 30.2 Å². The van der Waals surface area contributed by atoms with Crippen molar-refractivity contribution < 1.29 is 14.3 Å². The molecule has 0 aliphatic heterocycles. The van der Waals surface area contributed by atoms with Crippen molar-refractivity contribution in [3.8, 4) is 16.3 Å². The average Bonchev–Trinajstić information content (AvgIpc) is 3.05. The summed E-state index contributed by atoms with van der Waals surface area (Å²) in [6.07, 6.45) is 2.09. The van der Waals surface area contributed by atoms with Crippen molar-refractivity contribution >= 4 is 22.3 Å². The van der Waals surface area contributed by atoms with Crippen molar-refractivity contribution in [2.75, 3.05) is 13.2 Å². The summed E-state index contributed by atoms with van der Waals surface area (Å²) in [5.74, 6) is 0.196. The van der Waals surface area contributed by atoms with Crippen LogP contribution >= 0.6 is 11.3 Å². The van der Waals surface area contributed by atoms with Crippen LogP contribution in [0.1, 0.15) is 37.2 Å². The smallest absolute Gasteiger partial charge is 0.357 e. The largest absolute Gasteiger partial charge is 0.494 e. The average molecular weight is 373 g/mol. The molecule has 0 saturated heterocycles. The lowest BCUT2D eigenvalue weighted by molar-refractivity contribution is 0.0516. The van der Waals surface area contributed by atoms with Gasteiger partial charge in [-0.25, -0.2) is 4.79 Å². The summed E-state index contributed by atoms with van der Waals surface area (Å²) in [4.78, 5) is 28.1. The van der Waals surface area contributed by atoms with Gasteiger partial charge in [0.05, 0.1) is 13.2 Å². The number of carbonyl (C=O) groups excluding carboxylic acids is 1. The minimum Gasteiger partial charge on any atom is -0.494 e. The van der Waals surface area contributed by atoms with E-state index in [1.165, 1.54) is 15.9 Å². The van der Waals surface area contributed by atoms with Crippen LogP contribution in [0.2, 0.25) is 0 Å². The molecule has 0 unspecified atom stereocenters. The number of hydrogen-bond donors (Lipinski definition) is 0. The molecule has 0 atom stereocenters. The van der Waals surface area contributed by atoms with Crippen LogP contribution in [0.25, 0.3) is 15.5 Å². The lowest BCUT2D eigenvalue weighted by Gasteiger charge is -2.05. The van der Waals surface area contributed by atoms with Crippen molar-refractivity contribution in [2.45, 2.75) is 26.7 Å². The SMILES string of the molecule is CCCCOc1ccc(-c2nn3c(C(=O)OCC)cc(=O)nc3s2)cc1. The van der Waals surface area contributed by atoms with Gasteiger partial charge in [0.2, 0.25) is 4.96 Å². The molecule has 0 bridgehead atoms. The van der Waals surface area contributed by atoms with E-state index in [1.807, 2.05) is 24.3 Å². The van der Waals surface area contributed by atoms with E-state index < -0.39 is 11.5 Å². The molecule has 0 saturated carbocycles. The molecule has 136 valence electrons. The van der Waals surface area contributed by atoms with E-state index in [9.17, 15) is 9.59 Å². The van der Waals surface area contributed by atoms with Gasteiger partial charge in [-0.05, 0) is 37.6 Å². The van der Waals surface area contributed by atoms with Gasteiger partial charge in [-0.1, -0.05) is 24.7 Å². The molecule has 26 heavy (non-hydrogen) atoms. The molecule has 7 nitrogen and oxygen atoms in total. The number of aromatic nitrogens is 3. The molecule has 8 heteroatoms. The third-order valence-corrected chi connectivity index (χ3v) is 4.56. The van der Waals surface area contributed by atoms with E-state index in [0.29, 0.717) is 16.6 Å². The number of hydrogen-bond acceptors (Lipinski definition) is 7. The lowest BCUT2D eigenvalue weighted by atomic mass is 10.2. The normalized spacial score (nSPS) is 10.8. The van der Waals surface area contributed by atoms with Crippen molar-refractivity contribution in [2.24, 2.45) is 0 Å². The molecule has 2 aromatic heterocycles. The summed E-state index contributed by atoms with van der Waals surface area (Å²) in [6, 6.07) is 8.67. The van der Waals surface area contributed by atoms with E-state index in [4.69, 9.17) is 9.47 Å². The summed E-state index contributed by atoms with van der Waals surface area (Å²) >= 11 is 1.23. The first-order valence-electron chi connectivity index (χ1n) is 8.43. The van der Waals surface area contributed by atoms with E-state index >= 15 is 0 Å². The Morgan fingerprint density at radius 2 is 2.00 bits per heavy atom. The van der Waals surface area contributed by atoms with Crippen LogP contribution in [-0.2, 0) is 4.74 Å². The fourth-order valence-electron chi connectivity index (χ4n) is 2.31. The molecule has 0 aliphatic carbocycles. The van der Waals surface area contributed by atoms with Crippen molar-refractivity contribution in [1.29, 1.82) is 0 Å². The van der Waals surface area contributed by atoms with Crippen LogP contribution in [0.15, 0.2) is 35.1 Å². The zero-order chi connectivity index (χ0) is 18.5. The Morgan fingerprint density at radius 3 is 2.69 bits per heavy atom. The summed E-state index contributed by atoms with van der Waals surface area (Å²) in [7, 11) is 0. The number of unbranched alkanes of at least 4 members (excludes halogenated alkanes) is 1. The highest BCUT2D eigenvalue weighted by molar-refractivity contribution is 7.19. The zero-order valence-corrected chi connectivity index (χ0v) is 15.4. The number of fused-ring (bicyclic) bond motifs is 1. The maximum atomic E-state index is 12.1. The number of benzene rings is 1. The summed E-state index contributed by atoms with van der Waals surface area (Å²) in [5.41, 5.74) is 0.428. The quantitative estimate of drug-likeness (QED) is 0.467. The van der Waals surface area contributed by atoms with Crippen LogP contribution in [0, 0.1) is 0 Å². The third kappa shape index (κ3) is 3.91. The molecule has 0 N–H and O–H groups in total. The number of esters is 1. The zero-order valence-electron chi connectivity index (χ0n) is 14.6. The highest BCUT2D eigenvalue weighted by Gasteiger charge is 2.17. The van der Waals surface area contributed by atoms with Gasteiger partial charge >= 0.3 is 5.97 Å². The first-order valence-corrected chi connectivity index (χ1v) is 9.25. The number of nitrogens with zero attached hydrogens (tertiary/aromatic N) is 3. The molecule has 0 aliphatic rings. The van der Waals surface area contributed by atoms with Gasteiger partial charge in [-0.2, -0.15) is 14.6 Å². The topological polar surface area (TPSA) is 82.8 Å². The number of rotatable bonds is 7. The first-order chi connectivity index (χ1) is 12.6. The van der Waals surface area contributed by atoms with E-state index in [-0.39, 0.29) is 12.3 Å². The Labute approximate surface area is 154 Å². The molecular formula is C18H19N3O4S. The predicted molar refractivity (Wildman–Crippen MR) is 98.9 cm³/mol. The van der Waals surface area contributed by atoms with Crippen LogP contribution in [0.5, 0.6) is 5.75 Å². The second-order valence-electron chi connectivity index (χ2n) is 5.53. The van der Waals surface area contributed by atoms with Crippen molar-refractivity contribution in [3.05, 3.63) is 46.4 Å². The first kappa shape index (κ1) is 18.1. The highest BCUT2D eigenvalue weighted by atomic mass is 32.1. The number of carbonyl (C=O) groups is 1. The third-order valence-electron chi connectivity index (χ3n) is 3.61.